The standard InChI is InChI=1S/C15H14F3N3O2S2/c1-2-4-12(23)19-13-20-21-14(25-13)24-8-11(22)9-5-3-6-10(7-9)15(16,17)18/h3,5-7H,2,4,8H2,1H3,(H,19,20,23). The molecular formula is C15H14F3N3O2S2. The number of halogens is 3. The van der Waals surface area contributed by atoms with E-state index in [1.165, 1.54) is 12.1 Å². The number of alkyl halides is 3. The number of hydrogen-bond acceptors (Lipinski definition) is 6. The van der Waals surface area contributed by atoms with E-state index in [1.807, 2.05) is 6.92 Å². The summed E-state index contributed by atoms with van der Waals surface area (Å²) >= 11 is 2.17. The van der Waals surface area contributed by atoms with Gasteiger partial charge in [0.15, 0.2) is 10.1 Å². The topological polar surface area (TPSA) is 72.0 Å². The maximum atomic E-state index is 12.7. The zero-order chi connectivity index (χ0) is 18.4. The monoisotopic (exact) mass is 389 g/mol. The van der Waals surface area contributed by atoms with Crippen molar-refractivity contribution in [2.24, 2.45) is 0 Å². The highest BCUT2D eigenvalue weighted by Gasteiger charge is 2.30. The first-order valence-corrected chi connectivity index (χ1v) is 9.06. The molecule has 1 amide bonds. The van der Waals surface area contributed by atoms with Crippen molar-refractivity contribution in [2.45, 2.75) is 30.3 Å². The molecule has 1 heterocycles. The summed E-state index contributed by atoms with van der Waals surface area (Å²) in [5, 5.41) is 10.5. The number of thioether (sulfide) groups is 1. The Balaban J connectivity index is 1.94. The molecule has 0 unspecified atom stereocenters. The van der Waals surface area contributed by atoms with Gasteiger partial charge in [-0.3, -0.25) is 9.59 Å². The van der Waals surface area contributed by atoms with Crippen LogP contribution in [0.5, 0.6) is 0 Å². The number of hydrogen-bond donors (Lipinski definition) is 1. The van der Waals surface area contributed by atoms with Crippen LogP contribution in [0.2, 0.25) is 0 Å². The van der Waals surface area contributed by atoms with Gasteiger partial charge in [-0.05, 0) is 18.6 Å². The van der Waals surface area contributed by atoms with E-state index in [2.05, 4.69) is 15.5 Å². The van der Waals surface area contributed by atoms with Crippen LogP contribution < -0.4 is 5.32 Å². The summed E-state index contributed by atoms with van der Waals surface area (Å²) in [5.41, 5.74) is -0.872. The van der Waals surface area contributed by atoms with Gasteiger partial charge in [0, 0.05) is 12.0 Å². The third-order valence-electron chi connectivity index (χ3n) is 2.97. The number of rotatable bonds is 7. The molecule has 0 saturated heterocycles. The van der Waals surface area contributed by atoms with E-state index in [4.69, 9.17) is 0 Å². The number of Topliss-reactive ketones (excluding diaryl/α,β-unsaturated/α-hetero) is 1. The second-order valence-corrected chi connectivity index (χ2v) is 7.16. The second-order valence-electron chi connectivity index (χ2n) is 4.96. The van der Waals surface area contributed by atoms with Gasteiger partial charge in [0.05, 0.1) is 11.3 Å². The maximum Gasteiger partial charge on any atom is 0.416 e. The van der Waals surface area contributed by atoms with Crippen molar-refractivity contribution in [3.63, 3.8) is 0 Å². The number of nitrogens with one attached hydrogen (secondary N) is 1. The zero-order valence-electron chi connectivity index (χ0n) is 13.1. The average Bonchev–Trinajstić information content (AvgIpc) is 2.99. The highest BCUT2D eigenvalue weighted by Crippen LogP contribution is 2.30. The summed E-state index contributed by atoms with van der Waals surface area (Å²) in [4.78, 5) is 23.5. The van der Waals surface area contributed by atoms with Crippen LogP contribution in [-0.2, 0) is 11.0 Å². The van der Waals surface area contributed by atoms with Gasteiger partial charge in [-0.2, -0.15) is 13.2 Å². The molecule has 134 valence electrons. The van der Waals surface area contributed by atoms with Crippen molar-refractivity contribution < 1.29 is 22.8 Å². The zero-order valence-corrected chi connectivity index (χ0v) is 14.7. The van der Waals surface area contributed by atoms with Crippen LogP contribution in [-0.4, -0.2) is 27.6 Å². The summed E-state index contributed by atoms with van der Waals surface area (Å²) in [6.07, 6.45) is -3.41. The molecule has 0 spiro atoms. The predicted molar refractivity (Wildman–Crippen MR) is 89.9 cm³/mol. The summed E-state index contributed by atoms with van der Waals surface area (Å²) in [6.45, 7) is 1.88. The van der Waals surface area contributed by atoms with Gasteiger partial charge < -0.3 is 5.32 Å². The molecule has 10 heteroatoms. The van der Waals surface area contributed by atoms with Crippen molar-refractivity contribution in [3.8, 4) is 0 Å². The molecule has 0 fully saturated rings. The van der Waals surface area contributed by atoms with Gasteiger partial charge in [-0.15, -0.1) is 10.2 Å². The third kappa shape index (κ3) is 5.82. The van der Waals surface area contributed by atoms with E-state index >= 15 is 0 Å². The van der Waals surface area contributed by atoms with Gasteiger partial charge in [0.2, 0.25) is 11.0 Å². The average molecular weight is 389 g/mol. The van der Waals surface area contributed by atoms with Crippen LogP contribution in [0.25, 0.3) is 0 Å². The maximum absolute atomic E-state index is 12.7. The summed E-state index contributed by atoms with van der Waals surface area (Å²) in [7, 11) is 0. The number of nitrogens with zero attached hydrogens (tertiary/aromatic N) is 2. The molecule has 1 N–H and O–H groups in total. The molecule has 0 aliphatic carbocycles. The Morgan fingerprint density at radius 1 is 1.28 bits per heavy atom. The molecule has 0 bridgehead atoms. The highest BCUT2D eigenvalue weighted by molar-refractivity contribution is 8.01. The largest absolute Gasteiger partial charge is 0.416 e. The Hall–Kier alpha value is -1.94. The molecule has 5 nitrogen and oxygen atoms in total. The Bertz CT molecular complexity index is 762. The van der Waals surface area contributed by atoms with E-state index < -0.39 is 17.5 Å². The Morgan fingerprint density at radius 2 is 2.04 bits per heavy atom. The fourth-order valence-electron chi connectivity index (χ4n) is 1.81. The van der Waals surface area contributed by atoms with Crippen LogP contribution in [0.1, 0.15) is 35.7 Å². The molecule has 0 aliphatic heterocycles. The summed E-state index contributed by atoms with van der Waals surface area (Å²) in [6, 6.07) is 4.29. The van der Waals surface area contributed by atoms with Gasteiger partial charge in [-0.1, -0.05) is 42.2 Å². The SMILES string of the molecule is CCCC(=O)Nc1nnc(SCC(=O)c2cccc(C(F)(F)F)c2)s1. The van der Waals surface area contributed by atoms with Crippen LogP contribution in [0.4, 0.5) is 18.3 Å². The molecule has 2 aromatic rings. The fourth-order valence-corrected chi connectivity index (χ4v) is 3.47. The minimum atomic E-state index is -4.49. The molecular weight excluding hydrogens is 375 g/mol. The van der Waals surface area contributed by atoms with Crippen molar-refractivity contribution in [2.75, 3.05) is 11.1 Å². The number of benzene rings is 1. The Morgan fingerprint density at radius 3 is 2.72 bits per heavy atom. The molecule has 0 atom stereocenters. The first-order valence-electron chi connectivity index (χ1n) is 7.26. The molecule has 1 aromatic carbocycles. The smallest absolute Gasteiger partial charge is 0.301 e. The predicted octanol–water partition coefficient (Wildman–Crippen LogP) is 4.27. The van der Waals surface area contributed by atoms with Gasteiger partial charge in [0.1, 0.15) is 0 Å². The third-order valence-corrected chi connectivity index (χ3v) is 4.94. The lowest BCUT2D eigenvalue weighted by atomic mass is 10.1. The minimum Gasteiger partial charge on any atom is -0.301 e. The summed E-state index contributed by atoms with van der Waals surface area (Å²) in [5.74, 6) is -0.683. The lowest BCUT2D eigenvalue weighted by molar-refractivity contribution is -0.137. The number of amides is 1. The quantitative estimate of drug-likeness (QED) is 0.435. The lowest BCUT2D eigenvalue weighted by Gasteiger charge is -2.07. The van der Waals surface area contributed by atoms with Crippen molar-refractivity contribution in [1.29, 1.82) is 0 Å². The number of anilines is 1. The van der Waals surface area contributed by atoms with Crippen molar-refractivity contribution in [3.05, 3.63) is 35.4 Å². The second kappa shape index (κ2) is 8.43. The van der Waals surface area contributed by atoms with Crippen molar-refractivity contribution >= 4 is 39.9 Å². The van der Waals surface area contributed by atoms with E-state index in [0.29, 0.717) is 22.3 Å². The molecule has 2 rings (SSSR count). The number of ketones is 1. The van der Waals surface area contributed by atoms with Crippen LogP contribution in [0.15, 0.2) is 28.6 Å². The van der Waals surface area contributed by atoms with Crippen LogP contribution >= 0.6 is 23.1 Å². The van der Waals surface area contributed by atoms with Gasteiger partial charge in [0.25, 0.3) is 0 Å². The van der Waals surface area contributed by atoms with Crippen molar-refractivity contribution in [1.82, 2.24) is 10.2 Å². The van der Waals surface area contributed by atoms with Gasteiger partial charge in [-0.25, -0.2) is 0 Å². The first kappa shape index (κ1) is 19.4. The molecule has 0 radical (unpaired) electrons. The Labute approximate surface area is 150 Å². The Kier molecular flexibility index (Phi) is 6.54. The lowest BCUT2D eigenvalue weighted by Crippen LogP contribution is -2.10. The van der Waals surface area contributed by atoms with E-state index in [-0.39, 0.29) is 17.2 Å². The number of carbonyl (C=O) groups excluding carboxylic acids is 2. The molecule has 0 saturated carbocycles. The van der Waals surface area contributed by atoms with Crippen LogP contribution in [0, 0.1) is 0 Å². The number of carbonyl (C=O) groups is 2. The van der Waals surface area contributed by atoms with E-state index in [0.717, 1.165) is 35.2 Å². The van der Waals surface area contributed by atoms with E-state index in [9.17, 15) is 22.8 Å². The fraction of sp³-hybridized carbons (Fsp3) is 0.333. The first-order chi connectivity index (χ1) is 11.8. The van der Waals surface area contributed by atoms with Crippen LogP contribution in [0.3, 0.4) is 0 Å². The normalized spacial score (nSPS) is 11.4. The van der Waals surface area contributed by atoms with E-state index in [1.54, 1.807) is 0 Å². The molecule has 1 aromatic heterocycles. The highest BCUT2D eigenvalue weighted by atomic mass is 32.2. The summed E-state index contributed by atoms with van der Waals surface area (Å²) < 4.78 is 38.5. The van der Waals surface area contributed by atoms with Gasteiger partial charge >= 0.3 is 6.18 Å². The molecule has 0 aliphatic rings. The molecule has 25 heavy (non-hydrogen) atoms. The minimum absolute atomic E-state index is 0.0108. The number of aromatic nitrogens is 2.